The Hall–Kier alpha value is -1.03. The third kappa shape index (κ3) is 4.73. The molecular weight excluding hydrogens is 160 g/mol. The quantitative estimate of drug-likeness (QED) is 0.382. The van der Waals surface area contributed by atoms with Gasteiger partial charge in [0.15, 0.2) is 0 Å². The number of hydrogen-bond donors (Lipinski definition) is 1. The monoisotopic (exact) mass is 174 g/mol. The zero-order valence-electron chi connectivity index (χ0n) is 7.53. The Morgan fingerprint density at radius 1 is 1.67 bits per heavy atom. The van der Waals surface area contributed by atoms with Gasteiger partial charge in [-0.2, -0.15) is 0 Å². The van der Waals surface area contributed by atoms with E-state index < -0.39 is 12.1 Å². The minimum Gasteiger partial charge on any atom is -0.504 e. The first-order valence-electron chi connectivity index (χ1n) is 3.62. The van der Waals surface area contributed by atoms with Crippen LogP contribution in [0.25, 0.3) is 0 Å². The molecule has 0 aromatic heterocycles. The van der Waals surface area contributed by atoms with Crippen molar-refractivity contribution in [2.75, 3.05) is 13.7 Å². The lowest BCUT2D eigenvalue weighted by atomic mass is 10.3. The molecule has 12 heavy (non-hydrogen) atoms. The molecule has 0 spiro atoms. The van der Waals surface area contributed by atoms with Crippen molar-refractivity contribution >= 4 is 5.97 Å². The standard InChI is InChI=1S/C8H14O4/c1-6(4-11-3)8(10)12-5-7(2)9/h4,7,9H,5H2,1-3H3. The molecule has 0 aromatic rings. The normalized spacial score (nSPS) is 13.8. The van der Waals surface area contributed by atoms with Gasteiger partial charge in [-0.25, -0.2) is 4.79 Å². The minimum absolute atomic E-state index is 0.00767. The molecule has 4 nitrogen and oxygen atoms in total. The van der Waals surface area contributed by atoms with Crippen molar-refractivity contribution in [3.63, 3.8) is 0 Å². The van der Waals surface area contributed by atoms with Crippen LogP contribution in [0.1, 0.15) is 13.8 Å². The first-order chi connectivity index (χ1) is 5.57. The second kappa shape index (κ2) is 5.60. The molecular formula is C8H14O4. The highest BCUT2D eigenvalue weighted by Crippen LogP contribution is 1.97. The molecule has 0 heterocycles. The summed E-state index contributed by atoms with van der Waals surface area (Å²) in [6.07, 6.45) is 0.661. The van der Waals surface area contributed by atoms with E-state index >= 15 is 0 Å². The average molecular weight is 174 g/mol. The molecule has 0 amide bonds. The van der Waals surface area contributed by atoms with E-state index in [1.54, 1.807) is 13.8 Å². The number of hydrogen-bond acceptors (Lipinski definition) is 4. The number of rotatable bonds is 4. The molecule has 0 bridgehead atoms. The maximum atomic E-state index is 11.0. The van der Waals surface area contributed by atoms with E-state index in [1.807, 2.05) is 0 Å². The van der Waals surface area contributed by atoms with Crippen molar-refractivity contribution in [1.29, 1.82) is 0 Å². The third-order valence-corrected chi connectivity index (χ3v) is 1.07. The summed E-state index contributed by atoms with van der Waals surface area (Å²) in [4.78, 5) is 11.0. The lowest BCUT2D eigenvalue weighted by Gasteiger charge is -2.05. The highest BCUT2D eigenvalue weighted by Gasteiger charge is 2.06. The zero-order chi connectivity index (χ0) is 9.56. The van der Waals surface area contributed by atoms with E-state index in [0.717, 1.165) is 0 Å². The Morgan fingerprint density at radius 3 is 2.67 bits per heavy atom. The van der Waals surface area contributed by atoms with Gasteiger partial charge in [-0.3, -0.25) is 0 Å². The van der Waals surface area contributed by atoms with Gasteiger partial charge >= 0.3 is 5.97 Å². The maximum absolute atomic E-state index is 11.0. The minimum atomic E-state index is -0.635. The van der Waals surface area contributed by atoms with Crippen molar-refractivity contribution in [1.82, 2.24) is 0 Å². The second-order valence-corrected chi connectivity index (χ2v) is 2.48. The van der Waals surface area contributed by atoms with E-state index in [2.05, 4.69) is 9.47 Å². The van der Waals surface area contributed by atoms with E-state index in [9.17, 15) is 4.79 Å². The van der Waals surface area contributed by atoms with E-state index in [1.165, 1.54) is 13.4 Å². The summed E-state index contributed by atoms with van der Waals surface area (Å²) in [7, 11) is 1.45. The van der Waals surface area contributed by atoms with Crippen molar-refractivity contribution in [3.8, 4) is 0 Å². The maximum Gasteiger partial charge on any atom is 0.336 e. The summed E-state index contributed by atoms with van der Waals surface area (Å²) in [5, 5.41) is 8.78. The average Bonchev–Trinajstić information content (AvgIpc) is 2.00. The highest BCUT2D eigenvalue weighted by molar-refractivity contribution is 5.87. The molecule has 70 valence electrons. The van der Waals surface area contributed by atoms with Crippen LogP contribution >= 0.6 is 0 Å². The molecule has 0 aliphatic heterocycles. The van der Waals surface area contributed by atoms with Crippen molar-refractivity contribution in [2.24, 2.45) is 0 Å². The fourth-order valence-electron chi connectivity index (χ4n) is 0.535. The summed E-state index contributed by atoms with van der Waals surface area (Å²) in [5.41, 5.74) is 0.373. The SMILES string of the molecule is COC=C(C)C(=O)OCC(C)O. The van der Waals surface area contributed by atoms with Gasteiger partial charge in [-0.15, -0.1) is 0 Å². The van der Waals surface area contributed by atoms with Gasteiger partial charge in [0.2, 0.25) is 0 Å². The van der Waals surface area contributed by atoms with Crippen LogP contribution in [0, 0.1) is 0 Å². The van der Waals surface area contributed by atoms with E-state index in [0.29, 0.717) is 5.57 Å². The molecule has 0 fully saturated rings. The molecule has 4 heteroatoms. The fraction of sp³-hybridized carbons (Fsp3) is 0.625. The van der Waals surface area contributed by atoms with Crippen molar-refractivity contribution in [2.45, 2.75) is 20.0 Å². The van der Waals surface area contributed by atoms with E-state index in [4.69, 9.17) is 5.11 Å². The Morgan fingerprint density at radius 2 is 2.25 bits per heavy atom. The number of aliphatic hydroxyl groups is 1. The van der Waals surface area contributed by atoms with Gasteiger partial charge in [0, 0.05) is 0 Å². The smallest absolute Gasteiger partial charge is 0.336 e. The Balaban J connectivity index is 3.80. The number of carbonyl (C=O) groups excluding carboxylic acids is 1. The lowest BCUT2D eigenvalue weighted by molar-refractivity contribution is -0.141. The largest absolute Gasteiger partial charge is 0.504 e. The third-order valence-electron chi connectivity index (χ3n) is 1.07. The summed E-state index contributed by atoms with van der Waals surface area (Å²) in [6.45, 7) is 3.13. The molecule has 0 saturated heterocycles. The van der Waals surface area contributed by atoms with Crippen LogP contribution < -0.4 is 0 Å². The van der Waals surface area contributed by atoms with Crippen LogP contribution in [0.15, 0.2) is 11.8 Å². The summed E-state index contributed by atoms with van der Waals surface area (Å²) < 4.78 is 9.29. The molecule has 0 aliphatic rings. The molecule has 1 N–H and O–H groups in total. The Bertz CT molecular complexity index is 172. The highest BCUT2D eigenvalue weighted by atomic mass is 16.5. The van der Waals surface area contributed by atoms with Crippen molar-refractivity contribution < 1.29 is 19.4 Å². The van der Waals surface area contributed by atoms with Crippen LogP contribution in [-0.2, 0) is 14.3 Å². The zero-order valence-corrected chi connectivity index (χ0v) is 7.53. The Labute approximate surface area is 71.8 Å². The molecule has 0 aromatic carbocycles. The first kappa shape index (κ1) is 11.0. The van der Waals surface area contributed by atoms with Crippen molar-refractivity contribution in [3.05, 3.63) is 11.8 Å². The molecule has 1 unspecified atom stereocenters. The number of methoxy groups -OCH3 is 1. The molecule has 0 radical (unpaired) electrons. The molecule has 0 rings (SSSR count). The fourth-order valence-corrected chi connectivity index (χ4v) is 0.535. The molecule has 0 saturated carbocycles. The summed E-state index contributed by atoms with van der Waals surface area (Å²) in [5.74, 6) is -0.474. The van der Waals surface area contributed by atoms with Gasteiger partial charge in [0.05, 0.1) is 25.0 Å². The van der Waals surface area contributed by atoms with Gasteiger partial charge < -0.3 is 14.6 Å². The number of carbonyl (C=O) groups is 1. The predicted octanol–water partition coefficient (Wildman–Crippen LogP) is 0.461. The van der Waals surface area contributed by atoms with Crippen LogP contribution in [0.2, 0.25) is 0 Å². The lowest BCUT2D eigenvalue weighted by Crippen LogP contribution is -2.15. The van der Waals surface area contributed by atoms with Gasteiger partial charge in [0.1, 0.15) is 6.61 Å². The van der Waals surface area contributed by atoms with Gasteiger partial charge in [0.25, 0.3) is 0 Å². The van der Waals surface area contributed by atoms with Gasteiger partial charge in [-0.05, 0) is 13.8 Å². The van der Waals surface area contributed by atoms with Crippen LogP contribution in [0.3, 0.4) is 0 Å². The Kier molecular flexibility index (Phi) is 5.12. The molecule has 0 aliphatic carbocycles. The van der Waals surface area contributed by atoms with Crippen LogP contribution in [-0.4, -0.2) is 30.9 Å². The summed E-state index contributed by atoms with van der Waals surface area (Å²) >= 11 is 0. The number of aliphatic hydroxyl groups excluding tert-OH is 1. The van der Waals surface area contributed by atoms with Crippen LogP contribution in [0.5, 0.6) is 0 Å². The molecule has 1 atom stereocenters. The topological polar surface area (TPSA) is 55.8 Å². The summed E-state index contributed by atoms with van der Waals surface area (Å²) in [6, 6.07) is 0. The van der Waals surface area contributed by atoms with Gasteiger partial charge in [-0.1, -0.05) is 0 Å². The second-order valence-electron chi connectivity index (χ2n) is 2.48. The number of ether oxygens (including phenoxy) is 2. The predicted molar refractivity (Wildman–Crippen MR) is 43.4 cm³/mol. The number of esters is 1. The van der Waals surface area contributed by atoms with E-state index in [-0.39, 0.29) is 6.61 Å². The van der Waals surface area contributed by atoms with Crippen LogP contribution in [0.4, 0.5) is 0 Å². The first-order valence-corrected chi connectivity index (χ1v) is 3.62.